The second kappa shape index (κ2) is 5.72. The van der Waals surface area contributed by atoms with Crippen molar-refractivity contribution in [2.24, 2.45) is 0 Å². The minimum atomic E-state index is 0.687. The maximum Gasteiger partial charge on any atom is 0.150 e. The van der Waals surface area contributed by atoms with Crippen LogP contribution in [0.25, 0.3) is 11.1 Å². The van der Waals surface area contributed by atoms with Crippen LogP contribution in [0.5, 0.6) is 0 Å². The van der Waals surface area contributed by atoms with Gasteiger partial charge in [0.25, 0.3) is 0 Å². The molecule has 0 amide bonds. The minimum Gasteiger partial charge on any atom is -0.400 e. The summed E-state index contributed by atoms with van der Waals surface area (Å²) in [5.41, 5.74) is 2.77. The first kappa shape index (κ1) is 11.1. The van der Waals surface area contributed by atoms with Crippen molar-refractivity contribution in [2.75, 3.05) is 7.11 Å². The zero-order chi connectivity index (χ0) is 11.1. The second-order valence-corrected chi connectivity index (χ2v) is 2.73. The number of hydrogen-bond acceptors (Lipinski definition) is 3. The Morgan fingerprint density at radius 2 is 1.87 bits per heavy atom. The van der Waals surface area contributed by atoms with Crippen molar-refractivity contribution in [1.82, 2.24) is 10.2 Å². The highest BCUT2D eigenvalue weighted by molar-refractivity contribution is 5.76. The number of carbonyl (C=O) groups excluding carboxylic acids is 1. The molecule has 0 unspecified atom stereocenters. The van der Waals surface area contributed by atoms with Crippen molar-refractivity contribution in [1.29, 1.82) is 0 Å². The third kappa shape index (κ3) is 2.75. The number of aromatic nitrogens is 2. The quantitative estimate of drug-likeness (QED) is 0.728. The third-order valence-corrected chi connectivity index (χ3v) is 1.88. The molecule has 0 saturated heterocycles. The average molecular weight is 204 g/mol. The van der Waals surface area contributed by atoms with E-state index in [1.54, 1.807) is 18.3 Å². The molecule has 78 valence electrons. The number of aromatic amines is 1. The van der Waals surface area contributed by atoms with Gasteiger partial charge in [-0.15, -0.1) is 0 Å². The SMILES string of the molecule is CO.O=Cc1ccc(-c2cn[nH]c2)cc1. The standard InChI is InChI=1S/C10H8N2O.CH4O/c13-7-8-1-3-9(4-2-8)10-5-11-12-6-10;1-2/h1-7H,(H,11,12);2H,1H3. The van der Waals surface area contributed by atoms with Crippen LogP contribution >= 0.6 is 0 Å². The van der Waals surface area contributed by atoms with Gasteiger partial charge in [-0.2, -0.15) is 5.10 Å². The molecule has 1 aromatic heterocycles. The maximum atomic E-state index is 10.4. The van der Waals surface area contributed by atoms with Crippen LogP contribution in [0.4, 0.5) is 0 Å². The van der Waals surface area contributed by atoms with E-state index in [0.717, 1.165) is 24.5 Å². The van der Waals surface area contributed by atoms with E-state index in [1.165, 1.54) is 0 Å². The number of rotatable bonds is 2. The van der Waals surface area contributed by atoms with Gasteiger partial charge in [-0.05, 0) is 5.56 Å². The smallest absolute Gasteiger partial charge is 0.150 e. The van der Waals surface area contributed by atoms with Crippen LogP contribution in [0.3, 0.4) is 0 Å². The molecule has 1 heterocycles. The molecule has 0 aliphatic heterocycles. The van der Waals surface area contributed by atoms with Crippen LogP contribution in [-0.2, 0) is 0 Å². The summed E-state index contributed by atoms with van der Waals surface area (Å²) in [7, 11) is 1.00. The predicted octanol–water partition coefficient (Wildman–Crippen LogP) is 1.50. The minimum absolute atomic E-state index is 0.687. The summed E-state index contributed by atoms with van der Waals surface area (Å²) in [5.74, 6) is 0. The fraction of sp³-hybridized carbons (Fsp3) is 0.0909. The fourth-order valence-electron chi connectivity index (χ4n) is 1.16. The maximum absolute atomic E-state index is 10.4. The summed E-state index contributed by atoms with van der Waals surface area (Å²) in [6.45, 7) is 0. The molecule has 0 aliphatic carbocycles. The van der Waals surface area contributed by atoms with Crippen LogP contribution in [0.1, 0.15) is 10.4 Å². The Bertz CT molecular complexity index is 393. The summed E-state index contributed by atoms with van der Waals surface area (Å²) in [5, 5.41) is 13.6. The van der Waals surface area contributed by atoms with E-state index in [2.05, 4.69) is 10.2 Å². The number of nitrogens with one attached hydrogen (secondary N) is 1. The van der Waals surface area contributed by atoms with Crippen molar-refractivity contribution in [2.45, 2.75) is 0 Å². The molecular weight excluding hydrogens is 192 g/mol. The molecule has 4 nitrogen and oxygen atoms in total. The van der Waals surface area contributed by atoms with Crippen molar-refractivity contribution in [3.05, 3.63) is 42.2 Å². The number of nitrogens with zero attached hydrogens (tertiary/aromatic N) is 1. The lowest BCUT2D eigenvalue weighted by molar-refractivity contribution is 0.112. The summed E-state index contributed by atoms with van der Waals surface area (Å²) < 4.78 is 0. The number of aliphatic hydroxyl groups is 1. The molecule has 0 atom stereocenters. The first-order chi connectivity index (χ1) is 7.40. The molecule has 0 spiro atoms. The summed E-state index contributed by atoms with van der Waals surface area (Å²) in [6, 6.07) is 7.37. The highest BCUT2D eigenvalue weighted by Gasteiger charge is 1.97. The predicted molar refractivity (Wildman–Crippen MR) is 57.6 cm³/mol. The van der Waals surface area contributed by atoms with Gasteiger partial charge >= 0.3 is 0 Å². The summed E-state index contributed by atoms with van der Waals surface area (Å²) in [4.78, 5) is 10.4. The first-order valence-electron chi connectivity index (χ1n) is 4.39. The van der Waals surface area contributed by atoms with E-state index in [4.69, 9.17) is 5.11 Å². The Morgan fingerprint density at radius 3 is 2.33 bits per heavy atom. The number of aliphatic hydroxyl groups excluding tert-OH is 1. The molecule has 2 rings (SSSR count). The number of aldehydes is 1. The lowest BCUT2D eigenvalue weighted by atomic mass is 10.1. The van der Waals surface area contributed by atoms with Crippen LogP contribution in [-0.4, -0.2) is 28.7 Å². The topological polar surface area (TPSA) is 66.0 Å². The molecule has 0 saturated carbocycles. The van der Waals surface area contributed by atoms with Gasteiger partial charge in [0.1, 0.15) is 6.29 Å². The Labute approximate surface area is 87.6 Å². The van der Waals surface area contributed by atoms with Gasteiger partial charge in [0.2, 0.25) is 0 Å². The van der Waals surface area contributed by atoms with Crippen molar-refractivity contribution in [3.8, 4) is 11.1 Å². The van der Waals surface area contributed by atoms with E-state index in [1.807, 2.05) is 18.3 Å². The highest BCUT2D eigenvalue weighted by atomic mass is 16.2. The second-order valence-electron chi connectivity index (χ2n) is 2.73. The van der Waals surface area contributed by atoms with Crippen molar-refractivity contribution in [3.63, 3.8) is 0 Å². The lowest BCUT2D eigenvalue weighted by Gasteiger charge is -1.95. The number of H-pyrrole nitrogens is 1. The van der Waals surface area contributed by atoms with Crippen LogP contribution in [0, 0.1) is 0 Å². The molecule has 0 bridgehead atoms. The van der Waals surface area contributed by atoms with Gasteiger partial charge in [-0.1, -0.05) is 24.3 Å². The Kier molecular flexibility index (Phi) is 4.25. The van der Waals surface area contributed by atoms with Gasteiger partial charge in [0.05, 0.1) is 6.20 Å². The van der Waals surface area contributed by atoms with E-state index in [-0.39, 0.29) is 0 Å². The highest BCUT2D eigenvalue weighted by Crippen LogP contribution is 2.17. The Hall–Kier alpha value is -1.94. The van der Waals surface area contributed by atoms with Gasteiger partial charge in [0, 0.05) is 24.4 Å². The fourth-order valence-corrected chi connectivity index (χ4v) is 1.16. The average Bonchev–Trinajstić information content (AvgIpc) is 2.85. The molecule has 1 aromatic carbocycles. The zero-order valence-electron chi connectivity index (χ0n) is 8.34. The van der Waals surface area contributed by atoms with E-state index >= 15 is 0 Å². The van der Waals surface area contributed by atoms with E-state index in [9.17, 15) is 4.79 Å². The Balaban J connectivity index is 0.000000531. The van der Waals surface area contributed by atoms with Crippen LogP contribution in [0.2, 0.25) is 0 Å². The Morgan fingerprint density at radius 1 is 1.20 bits per heavy atom. The van der Waals surface area contributed by atoms with Crippen LogP contribution < -0.4 is 0 Å². The van der Waals surface area contributed by atoms with Crippen molar-refractivity contribution >= 4 is 6.29 Å². The third-order valence-electron chi connectivity index (χ3n) is 1.88. The first-order valence-corrected chi connectivity index (χ1v) is 4.39. The number of carbonyl (C=O) groups is 1. The molecule has 0 fully saturated rings. The van der Waals surface area contributed by atoms with Gasteiger partial charge < -0.3 is 5.11 Å². The normalized spacial score (nSPS) is 8.93. The van der Waals surface area contributed by atoms with Gasteiger partial charge in [-0.3, -0.25) is 9.89 Å². The van der Waals surface area contributed by atoms with Gasteiger partial charge in [0.15, 0.2) is 0 Å². The molecule has 0 radical (unpaired) electrons. The summed E-state index contributed by atoms with van der Waals surface area (Å²) in [6.07, 6.45) is 4.39. The van der Waals surface area contributed by atoms with Crippen molar-refractivity contribution < 1.29 is 9.90 Å². The molecule has 2 N–H and O–H groups in total. The molecule has 2 aromatic rings. The van der Waals surface area contributed by atoms with Gasteiger partial charge in [-0.25, -0.2) is 0 Å². The zero-order valence-corrected chi connectivity index (χ0v) is 8.34. The van der Waals surface area contributed by atoms with Crippen LogP contribution in [0.15, 0.2) is 36.7 Å². The molecule has 15 heavy (non-hydrogen) atoms. The van der Waals surface area contributed by atoms with E-state index < -0.39 is 0 Å². The van der Waals surface area contributed by atoms with E-state index in [0.29, 0.717) is 5.56 Å². The molecular formula is C11H12N2O2. The monoisotopic (exact) mass is 204 g/mol. The largest absolute Gasteiger partial charge is 0.400 e. The number of hydrogen-bond donors (Lipinski definition) is 2. The summed E-state index contributed by atoms with van der Waals surface area (Å²) >= 11 is 0. The number of benzene rings is 1. The molecule has 4 heteroatoms. The molecule has 0 aliphatic rings. The lowest BCUT2D eigenvalue weighted by Crippen LogP contribution is -1.79.